The molecule has 106 valence electrons. The number of hydrogen-bond acceptors (Lipinski definition) is 2. The molecule has 0 fully saturated rings. The Balaban J connectivity index is 2.26. The minimum Gasteiger partial charge on any atom is -0.310 e. The second-order valence-electron chi connectivity index (χ2n) is 5.50. The zero-order chi connectivity index (χ0) is 14.5. The summed E-state index contributed by atoms with van der Waals surface area (Å²) in [4.78, 5) is 4.54. The Labute approximate surface area is 122 Å². The highest BCUT2D eigenvalue weighted by Crippen LogP contribution is 2.22. The van der Waals surface area contributed by atoms with Gasteiger partial charge in [0.05, 0.1) is 0 Å². The van der Waals surface area contributed by atoms with Gasteiger partial charge in [0, 0.05) is 24.4 Å². The average molecular weight is 268 g/mol. The lowest BCUT2D eigenvalue weighted by molar-refractivity contribution is 0.541. The fraction of sp³-hybridized carbons (Fsp3) is 0.389. The van der Waals surface area contributed by atoms with E-state index in [0.717, 1.165) is 18.7 Å². The predicted octanol–water partition coefficient (Wildman–Crippen LogP) is 3.90. The van der Waals surface area contributed by atoms with Crippen LogP contribution in [0.2, 0.25) is 0 Å². The van der Waals surface area contributed by atoms with E-state index < -0.39 is 0 Å². The number of nitrogens with zero attached hydrogens (tertiary/aromatic N) is 1. The number of benzene rings is 1. The number of rotatable bonds is 5. The quantitative estimate of drug-likeness (QED) is 0.889. The molecule has 0 bridgehead atoms. The molecule has 0 saturated carbocycles. The highest BCUT2D eigenvalue weighted by molar-refractivity contribution is 5.34. The van der Waals surface area contributed by atoms with Gasteiger partial charge in [0.25, 0.3) is 0 Å². The molecular formula is C18H24N2. The van der Waals surface area contributed by atoms with Gasteiger partial charge in [0.1, 0.15) is 0 Å². The van der Waals surface area contributed by atoms with Gasteiger partial charge in [0.15, 0.2) is 0 Å². The summed E-state index contributed by atoms with van der Waals surface area (Å²) < 4.78 is 0. The molecule has 1 aromatic carbocycles. The molecule has 0 radical (unpaired) electrons. The van der Waals surface area contributed by atoms with Crippen LogP contribution < -0.4 is 5.32 Å². The summed E-state index contributed by atoms with van der Waals surface area (Å²) in [5, 5.41) is 3.59. The first kappa shape index (κ1) is 14.7. The molecule has 0 aliphatic carbocycles. The zero-order valence-electron chi connectivity index (χ0n) is 12.9. The lowest BCUT2D eigenvalue weighted by Crippen LogP contribution is -2.24. The fourth-order valence-corrected chi connectivity index (χ4v) is 2.50. The third-order valence-corrected chi connectivity index (χ3v) is 3.65. The van der Waals surface area contributed by atoms with Crippen molar-refractivity contribution >= 4 is 0 Å². The molecule has 1 N–H and O–H groups in total. The number of pyridine rings is 1. The molecule has 1 aromatic heterocycles. The van der Waals surface area contributed by atoms with Crippen molar-refractivity contribution in [2.45, 2.75) is 40.2 Å². The molecule has 2 rings (SSSR count). The number of aromatic nitrogens is 1. The van der Waals surface area contributed by atoms with Crippen LogP contribution >= 0.6 is 0 Å². The van der Waals surface area contributed by atoms with Crippen LogP contribution in [0.3, 0.4) is 0 Å². The summed E-state index contributed by atoms with van der Waals surface area (Å²) in [5.74, 6) is 0. The summed E-state index contributed by atoms with van der Waals surface area (Å²) in [6.07, 6.45) is 2.87. The van der Waals surface area contributed by atoms with Crippen molar-refractivity contribution in [1.82, 2.24) is 10.3 Å². The van der Waals surface area contributed by atoms with E-state index in [4.69, 9.17) is 0 Å². The van der Waals surface area contributed by atoms with Crippen LogP contribution in [0.25, 0.3) is 0 Å². The van der Waals surface area contributed by atoms with Crippen molar-refractivity contribution in [3.8, 4) is 0 Å². The highest BCUT2D eigenvalue weighted by atomic mass is 14.9. The topological polar surface area (TPSA) is 24.9 Å². The minimum atomic E-state index is 0.329. The maximum atomic E-state index is 4.54. The van der Waals surface area contributed by atoms with E-state index in [1.165, 1.54) is 22.3 Å². The third kappa shape index (κ3) is 3.67. The van der Waals surface area contributed by atoms with E-state index in [1.807, 2.05) is 6.20 Å². The molecule has 0 spiro atoms. The van der Waals surface area contributed by atoms with Crippen LogP contribution in [0, 0.1) is 20.8 Å². The maximum Gasteiger partial charge on any atom is 0.0422 e. The summed E-state index contributed by atoms with van der Waals surface area (Å²) in [6.45, 7) is 9.52. The van der Waals surface area contributed by atoms with Crippen molar-refractivity contribution in [1.29, 1.82) is 0 Å². The molecule has 2 aromatic rings. The Morgan fingerprint density at radius 3 is 2.45 bits per heavy atom. The largest absolute Gasteiger partial charge is 0.310 e. The van der Waals surface area contributed by atoms with Crippen LogP contribution in [0.15, 0.2) is 36.5 Å². The molecule has 1 unspecified atom stereocenters. The smallest absolute Gasteiger partial charge is 0.0422 e. The van der Waals surface area contributed by atoms with Gasteiger partial charge in [-0.25, -0.2) is 0 Å². The zero-order valence-corrected chi connectivity index (χ0v) is 12.9. The van der Waals surface area contributed by atoms with Gasteiger partial charge >= 0.3 is 0 Å². The summed E-state index contributed by atoms with van der Waals surface area (Å²) in [5.41, 5.74) is 6.39. The second kappa shape index (κ2) is 6.67. The first-order valence-corrected chi connectivity index (χ1v) is 7.32. The van der Waals surface area contributed by atoms with Crippen molar-refractivity contribution in [3.63, 3.8) is 0 Å². The van der Waals surface area contributed by atoms with Crippen molar-refractivity contribution in [3.05, 3.63) is 64.5 Å². The molecular weight excluding hydrogens is 244 g/mol. The molecule has 1 atom stereocenters. The Kier molecular flexibility index (Phi) is 4.91. The maximum absolute atomic E-state index is 4.54. The number of nitrogens with one attached hydrogen (secondary N) is 1. The lowest BCUT2D eigenvalue weighted by atomic mass is 9.95. The first-order chi connectivity index (χ1) is 9.60. The van der Waals surface area contributed by atoms with E-state index in [1.54, 1.807) is 0 Å². The van der Waals surface area contributed by atoms with Crippen LogP contribution in [0.4, 0.5) is 0 Å². The SMILES string of the molecule is CCNC(Cc1ccc(C)cn1)c1cc(C)ccc1C. The van der Waals surface area contributed by atoms with E-state index >= 15 is 0 Å². The molecule has 1 heterocycles. The Hall–Kier alpha value is -1.67. The molecule has 0 amide bonds. The van der Waals surface area contributed by atoms with Gasteiger partial charge in [-0.1, -0.05) is 36.8 Å². The van der Waals surface area contributed by atoms with Crippen molar-refractivity contribution in [2.24, 2.45) is 0 Å². The highest BCUT2D eigenvalue weighted by Gasteiger charge is 2.14. The molecule has 2 nitrogen and oxygen atoms in total. The molecule has 0 saturated heterocycles. The lowest BCUT2D eigenvalue weighted by Gasteiger charge is -2.21. The summed E-state index contributed by atoms with van der Waals surface area (Å²) >= 11 is 0. The number of aryl methyl sites for hydroxylation is 3. The Bertz CT molecular complexity index is 558. The number of likely N-dealkylation sites (N-methyl/N-ethyl adjacent to an activating group) is 1. The Morgan fingerprint density at radius 2 is 1.80 bits per heavy atom. The average Bonchev–Trinajstić information content (AvgIpc) is 2.43. The van der Waals surface area contributed by atoms with Gasteiger partial charge in [0.2, 0.25) is 0 Å². The normalized spacial score (nSPS) is 12.4. The van der Waals surface area contributed by atoms with E-state index in [-0.39, 0.29) is 0 Å². The molecule has 0 aliphatic rings. The van der Waals surface area contributed by atoms with Gasteiger partial charge in [-0.2, -0.15) is 0 Å². The van der Waals surface area contributed by atoms with Gasteiger partial charge in [-0.05, 0) is 50.1 Å². The van der Waals surface area contributed by atoms with Crippen LogP contribution in [-0.4, -0.2) is 11.5 Å². The van der Waals surface area contributed by atoms with E-state index in [9.17, 15) is 0 Å². The van der Waals surface area contributed by atoms with Crippen molar-refractivity contribution < 1.29 is 0 Å². The van der Waals surface area contributed by atoms with E-state index in [0.29, 0.717) is 6.04 Å². The minimum absolute atomic E-state index is 0.329. The molecule has 20 heavy (non-hydrogen) atoms. The standard InChI is InChI=1S/C18H24N2/c1-5-19-18(11-16-9-7-14(3)12-20-16)17-10-13(2)6-8-15(17)4/h6-10,12,18-19H,5,11H2,1-4H3. The first-order valence-electron chi connectivity index (χ1n) is 7.32. The second-order valence-corrected chi connectivity index (χ2v) is 5.50. The van der Waals surface area contributed by atoms with Gasteiger partial charge in [-0.3, -0.25) is 4.98 Å². The summed E-state index contributed by atoms with van der Waals surface area (Å²) in [7, 11) is 0. The van der Waals surface area contributed by atoms with Crippen LogP contribution in [-0.2, 0) is 6.42 Å². The summed E-state index contributed by atoms with van der Waals surface area (Å²) in [6, 6.07) is 11.3. The van der Waals surface area contributed by atoms with E-state index in [2.05, 4.69) is 68.3 Å². The van der Waals surface area contributed by atoms with Gasteiger partial charge < -0.3 is 5.32 Å². The van der Waals surface area contributed by atoms with Crippen LogP contribution in [0.5, 0.6) is 0 Å². The van der Waals surface area contributed by atoms with Gasteiger partial charge in [-0.15, -0.1) is 0 Å². The number of hydrogen-bond donors (Lipinski definition) is 1. The monoisotopic (exact) mass is 268 g/mol. The van der Waals surface area contributed by atoms with Crippen LogP contribution in [0.1, 0.15) is 40.9 Å². The van der Waals surface area contributed by atoms with Crippen molar-refractivity contribution in [2.75, 3.05) is 6.54 Å². The fourth-order valence-electron chi connectivity index (χ4n) is 2.50. The Morgan fingerprint density at radius 1 is 1.05 bits per heavy atom. The predicted molar refractivity (Wildman–Crippen MR) is 85.0 cm³/mol. The molecule has 2 heteroatoms. The molecule has 0 aliphatic heterocycles. The third-order valence-electron chi connectivity index (χ3n) is 3.65.